The highest BCUT2D eigenvalue weighted by molar-refractivity contribution is 7.14. The van der Waals surface area contributed by atoms with E-state index in [1.165, 1.54) is 23.5 Å². The zero-order valence-electron chi connectivity index (χ0n) is 11.9. The van der Waals surface area contributed by atoms with Crippen LogP contribution in [0, 0.1) is 10.1 Å². The maximum atomic E-state index is 10.9. The number of rotatable bonds is 4. The monoisotopic (exact) mass is 326 g/mol. The predicted molar refractivity (Wildman–Crippen MR) is 83.6 cm³/mol. The van der Waals surface area contributed by atoms with Crippen molar-refractivity contribution in [1.29, 1.82) is 0 Å². The number of nitrogens with zero attached hydrogens (tertiary/aromatic N) is 3. The number of nitro benzene ring substituents is 1. The average molecular weight is 327 g/mol. The molecule has 2 rings (SSSR count). The van der Waals surface area contributed by atoms with Crippen LogP contribution in [0.5, 0.6) is 0 Å². The largest absolute Gasteiger partial charge is 0.306 e. The molecular weight excluding hydrogens is 312 g/mol. The fourth-order valence-corrected chi connectivity index (χ4v) is 2.58. The molecule has 0 radical (unpaired) electrons. The lowest BCUT2D eigenvalue weighted by atomic mass is 10.1. The molecule has 0 atom stereocenters. The summed E-state index contributed by atoms with van der Waals surface area (Å²) in [6.45, 7) is 6.80. The minimum Gasteiger partial charge on any atom is -0.306 e. The van der Waals surface area contributed by atoms with Crippen LogP contribution in [-0.4, -0.2) is 20.7 Å². The lowest BCUT2D eigenvalue weighted by Gasteiger charge is -2.19. The van der Waals surface area contributed by atoms with Gasteiger partial charge in [0.15, 0.2) is 0 Å². The molecule has 0 fully saturated rings. The second kappa shape index (κ2) is 6.05. The van der Waals surface area contributed by atoms with Crippen LogP contribution in [0.2, 0.25) is 5.02 Å². The quantitative estimate of drug-likeness (QED) is 0.685. The Kier molecular flexibility index (Phi) is 4.55. The van der Waals surface area contributed by atoms with Crippen LogP contribution in [-0.2, 0) is 6.54 Å². The van der Waals surface area contributed by atoms with E-state index >= 15 is 0 Å². The second-order valence-corrected chi connectivity index (χ2v) is 7.06. The minimum atomic E-state index is -0.474. The predicted octanol–water partition coefficient (Wildman–Crippen LogP) is 3.65. The molecule has 112 valence electrons. The molecule has 2 aromatic rings. The zero-order valence-corrected chi connectivity index (χ0v) is 13.5. The summed E-state index contributed by atoms with van der Waals surface area (Å²) in [7, 11) is 0. The maximum Gasteiger partial charge on any atom is 0.271 e. The van der Waals surface area contributed by atoms with E-state index in [1.807, 2.05) is 0 Å². The molecule has 0 aliphatic carbocycles. The number of benzene rings is 1. The third kappa shape index (κ3) is 4.45. The molecule has 0 unspecified atom stereocenters. The van der Waals surface area contributed by atoms with E-state index in [0.29, 0.717) is 22.1 Å². The van der Waals surface area contributed by atoms with Gasteiger partial charge in [0.05, 0.1) is 11.5 Å². The van der Waals surface area contributed by atoms with Crippen LogP contribution < -0.4 is 5.32 Å². The molecule has 1 aromatic heterocycles. The van der Waals surface area contributed by atoms with Gasteiger partial charge in [0.25, 0.3) is 5.69 Å². The first-order chi connectivity index (χ1) is 9.74. The highest BCUT2D eigenvalue weighted by Crippen LogP contribution is 2.30. The topological polar surface area (TPSA) is 81.0 Å². The van der Waals surface area contributed by atoms with E-state index in [2.05, 4.69) is 36.3 Å². The highest BCUT2D eigenvalue weighted by atomic mass is 35.5. The van der Waals surface area contributed by atoms with Crippen LogP contribution >= 0.6 is 22.9 Å². The van der Waals surface area contributed by atoms with Crippen molar-refractivity contribution in [1.82, 2.24) is 15.5 Å². The van der Waals surface area contributed by atoms with Gasteiger partial charge in [-0.3, -0.25) is 10.1 Å². The molecule has 0 bridgehead atoms. The zero-order chi connectivity index (χ0) is 15.6. The molecule has 0 saturated carbocycles. The molecule has 8 heteroatoms. The molecule has 1 N–H and O–H groups in total. The Hall–Kier alpha value is -1.57. The van der Waals surface area contributed by atoms with Gasteiger partial charge in [-0.2, -0.15) is 0 Å². The van der Waals surface area contributed by atoms with E-state index in [0.717, 1.165) is 5.01 Å². The summed E-state index contributed by atoms with van der Waals surface area (Å²) in [5.74, 6) is 0. The highest BCUT2D eigenvalue weighted by Gasteiger charge is 2.15. The van der Waals surface area contributed by atoms with Crippen molar-refractivity contribution in [2.75, 3.05) is 0 Å². The Morgan fingerprint density at radius 2 is 2.05 bits per heavy atom. The van der Waals surface area contributed by atoms with E-state index in [4.69, 9.17) is 11.6 Å². The van der Waals surface area contributed by atoms with Crippen molar-refractivity contribution >= 4 is 28.6 Å². The number of nitro groups is 1. The van der Waals surface area contributed by atoms with Crippen molar-refractivity contribution in [3.63, 3.8) is 0 Å². The van der Waals surface area contributed by atoms with Gasteiger partial charge in [0.2, 0.25) is 0 Å². The van der Waals surface area contributed by atoms with Crippen LogP contribution in [0.15, 0.2) is 18.2 Å². The average Bonchev–Trinajstić information content (AvgIpc) is 2.83. The van der Waals surface area contributed by atoms with Gasteiger partial charge in [-0.25, -0.2) is 0 Å². The van der Waals surface area contributed by atoms with E-state index < -0.39 is 4.92 Å². The molecule has 0 spiro atoms. The molecular formula is C13H15ClN4O2S. The summed E-state index contributed by atoms with van der Waals surface area (Å²) in [5, 5.41) is 24.1. The molecule has 1 heterocycles. The van der Waals surface area contributed by atoms with Crippen LogP contribution in [0.1, 0.15) is 25.8 Å². The van der Waals surface area contributed by atoms with Crippen molar-refractivity contribution < 1.29 is 4.92 Å². The van der Waals surface area contributed by atoms with Crippen molar-refractivity contribution in [2.45, 2.75) is 32.9 Å². The molecule has 6 nitrogen and oxygen atoms in total. The molecule has 0 saturated heterocycles. The Morgan fingerprint density at radius 3 is 2.67 bits per heavy atom. The Bertz CT molecular complexity index is 666. The fourth-order valence-electron chi connectivity index (χ4n) is 1.59. The SMILES string of the molecule is CC(C)(C)NCc1nnc(-c2cc(Cl)cc([N+](=O)[O-])c2)s1. The number of hydrogen-bond donors (Lipinski definition) is 1. The van der Waals surface area contributed by atoms with Crippen molar-refractivity contribution in [3.05, 3.63) is 38.3 Å². The number of nitrogens with one attached hydrogen (secondary N) is 1. The lowest BCUT2D eigenvalue weighted by Crippen LogP contribution is -2.35. The van der Waals surface area contributed by atoms with Crippen molar-refractivity contribution in [3.8, 4) is 10.6 Å². The van der Waals surface area contributed by atoms with E-state index in [9.17, 15) is 10.1 Å². The number of hydrogen-bond acceptors (Lipinski definition) is 6. The lowest BCUT2D eigenvalue weighted by molar-refractivity contribution is -0.384. The van der Waals surface area contributed by atoms with E-state index in [-0.39, 0.29) is 11.2 Å². The van der Waals surface area contributed by atoms with Gasteiger partial charge >= 0.3 is 0 Å². The van der Waals surface area contributed by atoms with Gasteiger partial charge < -0.3 is 5.32 Å². The normalized spacial score (nSPS) is 11.6. The summed E-state index contributed by atoms with van der Waals surface area (Å²) in [5.41, 5.74) is 0.538. The molecule has 21 heavy (non-hydrogen) atoms. The first-order valence-corrected chi connectivity index (χ1v) is 7.47. The molecule has 1 aromatic carbocycles. The van der Waals surface area contributed by atoms with Crippen molar-refractivity contribution in [2.24, 2.45) is 0 Å². The minimum absolute atomic E-state index is 0.0132. The van der Waals surface area contributed by atoms with Crippen LogP contribution in [0.4, 0.5) is 5.69 Å². The van der Waals surface area contributed by atoms with Crippen LogP contribution in [0.25, 0.3) is 10.6 Å². The standard InChI is InChI=1S/C13H15ClN4O2S/c1-13(2,3)15-7-11-16-17-12(21-11)8-4-9(14)6-10(5-8)18(19)20/h4-6,15H,7H2,1-3H3. The second-order valence-electron chi connectivity index (χ2n) is 5.56. The fraction of sp³-hybridized carbons (Fsp3) is 0.385. The number of non-ortho nitro benzene ring substituents is 1. The third-order valence-electron chi connectivity index (χ3n) is 2.58. The summed E-state index contributed by atoms with van der Waals surface area (Å²) in [6.07, 6.45) is 0. The van der Waals surface area contributed by atoms with Gasteiger partial charge in [0.1, 0.15) is 10.0 Å². The Labute approximate surface area is 131 Å². The maximum absolute atomic E-state index is 10.9. The van der Waals surface area contributed by atoms with Gasteiger partial charge in [-0.1, -0.05) is 22.9 Å². The number of halogens is 1. The van der Waals surface area contributed by atoms with E-state index in [1.54, 1.807) is 6.07 Å². The third-order valence-corrected chi connectivity index (χ3v) is 3.77. The van der Waals surface area contributed by atoms with Gasteiger partial charge in [-0.15, -0.1) is 10.2 Å². The van der Waals surface area contributed by atoms with Gasteiger partial charge in [-0.05, 0) is 26.8 Å². The molecule has 0 aliphatic rings. The Balaban J connectivity index is 2.23. The smallest absolute Gasteiger partial charge is 0.271 e. The first-order valence-electron chi connectivity index (χ1n) is 6.27. The molecule has 0 amide bonds. The summed E-state index contributed by atoms with van der Waals surface area (Å²) < 4.78 is 0. The Morgan fingerprint density at radius 1 is 1.33 bits per heavy atom. The molecule has 0 aliphatic heterocycles. The summed E-state index contributed by atoms with van der Waals surface area (Å²) in [4.78, 5) is 10.4. The van der Waals surface area contributed by atoms with Gasteiger partial charge in [0, 0.05) is 28.3 Å². The first kappa shape index (κ1) is 15.8. The number of aromatic nitrogens is 2. The van der Waals surface area contributed by atoms with Crippen LogP contribution in [0.3, 0.4) is 0 Å². The summed E-state index contributed by atoms with van der Waals surface area (Å²) >= 11 is 7.30. The summed E-state index contributed by atoms with van der Waals surface area (Å²) in [6, 6.07) is 4.41.